The number of carbonyl (C=O) groups excluding carboxylic acids is 1. The zero-order valence-electron chi connectivity index (χ0n) is 15.8. The third-order valence-corrected chi connectivity index (χ3v) is 4.24. The topological polar surface area (TPSA) is 71.0 Å². The number of aromatic nitrogens is 3. The lowest BCUT2D eigenvalue weighted by atomic mass is 9.87. The van der Waals surface area contributed by atoms with E-state index in [1.807, 2.05) is 30.3 Å². The molecule has 1 amide bonds. The van der Waals surface area contributed by atoms with Crippen molar-refractivity contribution in [1.82, 2.24) is 15.0 Å². The number of nitrogens with one attached hydrogen (secondary N) is 1. The van der Waals surface area contributed by atoms with E-state index in [-0.39, 0.29) is 5.41 Å². The summed E-state index contributed by atoms with van der Waals surface area (Å²) >= 11 is 0. The van der Waals surface area contributed by atoms with E-state index in [0.717, 1.165) is 17.8 Å². The van der Waals surface area contributed by atoms with Gasteiger partial charge in [-0.15, -0.1) is 0 Å². The summed E-state index contributed by atoms with van der Waals surface area (Å²) in [6.45, 7) is 6.98. The highest BCUT2D eigenvalue weighted by molar-refractivity contribution is 5.90. The molecule has 3 rings (SSSR count). The molecule has 2 heterocycles. The van der Waals surface area contributed by atoms with E-state index in [9.17, 15) is 4.79 Å². The van der Waals surface area contributed by atoms with Gasteiger partial charge in [-0.3, -0.25) is 9.69 Å². The van der Waals surface area contributed by atoms with E-state index in [0.29, 0.717) is 18.1 Å². The predicted octanol–water partition coefficient (Wildman–Crippen LogP) is 4.08. The lowest BCUT2D eigenvalue weighted by molar-refractivity contribution is -0.106. The average Bonchev–Trinajstić information content (AvgIpc) is 2.68. The van der Waals surface area contributed by atoms with Crippen molar-refractivity contribution in [2.75, 3.05) is 10.2 Å². The highest BCUT2D eigenvalue weighted by Gasteiger charge is 2.17. The van der Waals surface area contributed by atoms with E-state index in [2.05, 4.69) is 53.2 Å². The Labute approximate surface area is 159 Å². The molecular weight excluding hydrogens is 338 g/mol. The van der Waals surface area contributed by atoms with Crippen molar-refractivity contribution in [2.24, 2.45) is 0 Å². The SMILES string of the molecule is CC(C)(C)c1ccc(N(C=O)c2cccnc2NCc2ccncn2)cc1. The molecule has 0 fully saturated rings. The van der Waals surface area contributed by atoms with E-state index in [1.165, 1.54) is 11.9 Å². The van der Waals surface area contributed by atoms with Crippen molar-refractivity contribution in [3.63, 3.8) is 0 Å². The fraction of sp³-hybridized carbons (Fsp3) is 0.238. The molecule has 0 saturated carbocycles. The molecule has 27 heavy (non-hydrogen) atoms. The van der Waals surface area contributed by atoms with Crippen LogP contribution in [0.1, 0.15) is 32.0 Å². The Bertz CT molecular complexity index is 888. The Morgan fingerprint density at radius 3 is 2.44 bits per heavy atom. The summed E-state index contributed by atoms with van der Waals surface area (Å²) < 4.78 is 0. The smallest absolute Gasteiger partial charge is 0.218 e. The molecule has 1 aromatic carbocycles. The number of hydrogen-bond donors (Lipinski definition) is 1. The number of anilines is 3. The van der Waals surface area contributed by atoms with Gasteiger partial charge < -0.3 is 5.32 Å². The van der Waals surface area contributed by atoms with Crippen LogP contribution in [0.3, 0.4) is 0 Å². The maximum Gasteiger partial charge on any atom is 0.218 e. The fourth-order valence-electron chi connectivity index (χ4n) is 2.70. The molecule has 6 heteroatoms. The van der Waals surface area contributed by atoms with Crippen LogP contribution in [0.25, 0.3) is 0 Å². The molecule has 138 valence electrons. The number of rotatable bonds is 6. The molecule has 0 aliphatic carbocycles. The number of benzene rings is 1. The number of nitrogens with zero attached hydrogens (tertiary/aromatic N) is 4. The average molecular weight is 361 g/mol. The monoisotopic (exact) mass is 361 g/mol. The summed E-state index contributed by atoms with van der Waals surface area (Å²) in [5.74, 6) is 0.614. The summed E-state index contributed by atoms with van der Waals surface area (Å²) in [6, 6.07) is 13.5. The van der Waals surface area contributed by atoms with Gasteiger partial charge >= 0.3 is 0 Å². The molecule has 0 spiro atoms. The van der Waals surface area contributed by atoms with Crippen LogP contribution in [0, 0.1) is 0 Å². The summed E-state index contributed by atoms with van der Waals surface area (Å²) in [5.41, 5.74) is 3.59. The first-order valence-corrected chi connectivity index (χ1v) is 8.78. The van der Waals surface area contributed by atoms with Crippen molar-refractivity contribution in [2.45, 2.75) is 32.7 Å². The lowest BCUT2D eigenvalue weighted by Gasteiger charge is -2.23. The van der Waals surface area contributed by atoms with Crippen molar-refractivity contribution in [3.8, 4) is 0 Å². The largest absolute Gasteiger partial charge is 0.363 e. The minimum absolute atomic E-state index is 0.0586. The van der Waals surface area contributed by atoms with Gasteiger partial charge in [-0.25, -0.2) is 15.0 Å². The third kappa shape index (κ3) is 4.47. The standard InChI is InChI=1S/C21H23N5O/c1-21(2,3)16-6-8-18(9-7-16)26(15-27)19-5-4-11-23-20(19)24-13-17-10-12-22-14-25-17/h4-12,14-15H,13H2,1-3H3,(H,23,24). The van der Waals surface area contributed by atoms with Gasteiger partial charge in [0.15, 0.2) is 5.82 Å². The molecule has 3 aromatic rings. The Morgan fingerprint density at radius 2 is 1.81 bits per heavy atom. The van der Waals surface area contributed by atoms with Crippen LogP contribution >= 0.6 is 0 Å². The zero-order chi connectivity index (χ0) is 19.3. The summed E-state index contributed by atoms with van der Waals surface area (Å²) in [5, 5.41) is 3.25. The van der Waals surface area contributed by atoms with E-state index < -0.39 is 0 Å². The molecular formula is C21H23N5O. The second kappa shape index (κ2) is 7.95. The van der Waals surface area contributed by atoms with Crippen molar-refractivity contribution < 1.29 is 4.79 Å². The maximum atomic E-state index is 11.9. The molecule has 6 nitrogen and oxygen atoms in total. The van der Waals surface area contributed by atoms with Gasteiger partial charge in [0.05, 0.1) is 17.9 Å². The Morgan fingerprint density at radius 1 is 1.04 bits per heavy atom. The Balaban J connectivity index is 1.86. The number of hydrogen-bond acceptors (Lipinski definition) is 5. The Hall–Kier alpha value is -3.28. The molecule has 0 radical (unpaired) electrons. The highest BCUT2D eigenvalue weighted by atomic mass is 16.1. The van der Waals surface area contributed by atoms with Crippen molar-refractivity contribution >= 4 is 23.6 Å². The van der Waals surface area contributed by atoms with Crippen molar-refractivity contribution in [3.05, 3.63) is 72.4 Å². The van der Waals surface area contributed by atoms with Gasteiger partial charge in [-0.1, -0.05) is 32.9 Å². The molecule has 0 bridgehead atoms. The molecule has 1 N–H and O–H groups in total. The number of pyridine rings is 1. The lowest BCUT2D eigenvalue weighted by Crippen LogP contribution is -2.18. The molecule has 0 unspecified atom stereocenters. The second-order valence-corrected chi connectivity index (χ2v) is 7.20. The van der Waals surface area contributed by atoms with Crippen LogP contribution in [0.4, 0.5) is 17.2 Å². The van der Waals surface area contributed by atoms with Gasteiger partial charge in [0.1, 0.15) is 6.33 Å². The normalized spacial score (nSPS) is 11.1. The van der Waals surface area contributed by atoms with E-state index in [1.54, 1.807) is 17.3 Å². The first-order chi connectivity index (χ1) is 13.0. The number of carbonyl (C=O) groups is 1. The molecule has 0 saturated heterocycles. The fourth-order valence-corrected chi connectivity index (χ4v) is 2.70. The van der Waals surface area contributed by atoms with Gasteiger partial charge in [-0.2, -0.15) is 0 Å². The van der Waals surface area contributed by atoms with Gasteiger partial charge in [0, 0.05) is 18.1 Å². The van der Waals surface area contributed by atoms with E-state index in [4.69, 9.17) is 0 Å². The zero-order valence-corrected chi connectivity index (χ0v) is 15.8. The summed E-state index contributed by atoms with van der Waals surface area (Å²) in [7, 11) is 0. The third-order valence-electron chi connectivity index (χ3n) is 4.24. The quantitative estimate of drug-likeness (QED) is 0.670. The van der Waals surface area contributed by atoms with Gasteiger partial charge in [0.2, 0.25) is 6.41 Å². The van der Waals surface area contributed by atoms with Crippen molar-refractivity contribution in [1.29, 1.82) is 0 Å². The van der Waals surface area contributed by atoms with Gasteiger partial charge in [-0.05, 0) is 41.3 Å². The second-order valence-electron chi connectivity index (χ2n) is 7.20. The van der Waals surface area contributed by atoms with Crippen LogP contribution in [-0.4, -0.2) is 21.4 Å². The maximum absolute atomic E-state index is 11.9. The van der Waals surface area contributed by atoms with Gasteiger partial charge in [0.25, 0.3) is 0 Å². The van der Waals surface area contributed by atoms with Crippen LogP contribution in [-0.2, 0) is 16.8 Å². The summed E-state index contributed by atoms with van der Waals surface area (Å²) in [6.07, 6.45) is 5.69. The first-order valence-electron chi connectivity index (χ1n) is 8.78. The molecule has 0 atom stereocenters. The van der Waals surface area contributed by atoms with Crippen LogP contribution in [0.2, 0.25) is 0 Å². The van der Waals surface area contributed by atoms with Crippen LogP contribution < -0.4 is 10.2 Å². The minimum Gasteiger partial charge on any atom is -0.363 e. The van der Waals surface area contributed by atoms with Crippen LogP contribution in [0.15, 0.2) is 61.2 Å². The molecule has 0 aliphatic heterocycles. The van der Waals surface area contributed by atoms with Crippen LogP contribution in [0.5, 0.6) is 0 Å². The first kappa shape index (κ1) is 18.5. The molecule has 0 aliphatic rings. The van der Waals surface area contributed by atoms with E-state index >= 15 is 0 Å². The Kier molecular flexibility index (Phi) is 5.45. The summed E-state index contributed by atoms with van der Waals surface area (Å²) in [4.78, 5) is 25.9. The predicted molar refractivity (Wildman–Crippen MR) is 107 cm³/mol. The number of amides is 1. The minimum atomic E-state index is 0.0586. The molecule has 2 aromatic heterocycles. The highest BCUT2D eigenvalue weighted by Crippen LogP contribution is 2.31.